The summed E-state index contributed by atoms with van der Waals surface area (Å²) in [5.74, 6) is 0. The molecule has 0 heterocycles. The van der Waals surface area contributed by atoms with E-state index >= 15 is 0 Å². The molecule has 0 aromatic rings. The molecule has 0 bridgehead atoms. The van der Waals surface area contributed by atoms with Crippen molar-refractivity contribution in [2.75, 3.05) is 5.33 Å². The van der Waals surface area contributed by atoms with E-state index in [1.165, 1.54) is 18.2 Å². The molecule has 0 spiro atoms. The highest BCUT2D eigenvalue weighted by Crippen LogP contribution is 2.05. The van der Waals surface area contributed by atoms with E-state index in [1.807, 2.05) is 0 Å². The summed E-state index contributed by atoms with van der Waals surface area (Å²) in [7, 11) is 0.305. The van der Waals surface area contributed by atoms with Gasteiger partial charge in [0.15, 0.2) is 0 Å². The van der Waals surface area contributed by atoms with Gasteiger partial charge in [0.05, 0.1) is 0 Å². The maximum atomic E-state index is 3.43. The average molecular weight is 209 g/mol. The molecule has 0 rings (SSSR count). The molecule has 0 saturated carbocycles. The zero-order chi connectivity index (χ0) is 7.11. The van der Waals surface area contributed by atoms with Crippen LogP contribution in [0.25, 0.3) is 0 Å². The molecule has 0 aliphatic carbocycles. The first-order valence-corrected chi connectivity index (χ1v) is 6.77. The molecule has 0 fully saturated rings. The van der Waals surface area contributed by atoms with Crippen molar-refractivity contribution in [2.24, 2.45) is 0 Å². The summed E-state index contributed by atoms with van der Waals surface area (Å²) in [6, 6.07) is 1.54. The maximum Gasteiger partial charge on any atom is 0.0224 e. The molecule has 0 radical (unpaired) electrons. The van der Waals surface area contributed by atoms with Crippen molar-refractivity contribution in [3.05, 3.63) is 0 Å². The minimum atomic E-state index is 0.305. The first-order valence-electron chi connectivity index (χ1n) is 3.83. The van der Waals surface area contributed by atoms with E-state index < -0.39 is 0 Å². The number of hydrogen-bond donors (Lipinski definition) is 0. The molecule has 0 unspecified atom stereocenters. The number of hydrogen-bond acceptors (Lipinski definition) is 0. The van der Waals surface area contributed by atoms with E-state index in [0.29, 0.717) is 9.52 Å². The lowest BCUT2D eigenvalue weighted by Gasteiger charge is -2.00. The zero-order valence-electron chi connectivity index (χ0n) is 6.49. The maximum absolute atomic E-state index is 3.43. The lowest BCUT2D eigenvalue weighted by molar-refractivity contribution is 0.882. The molecular weight excluding hydrogens is 192 g/mol. The van der Waals surface area contributed by atoms with Gasteiger partial charge in [-0.1, -0.05) is 47.8 Å². The van der Waals surface area contributed by atoms with Gasteiger partial charge in [-0.15, -0.1) is 0 Å². The second-order valence-electron chi connectivity index (χ2n) is 2.93. The van der Waals surface area contributed by atoms with Crippen LogP contribution in [0.2, 0.25) is 11.6 Å². The van der Waals surface area contributed by atoms with Crippen LogP contribution in [0.1, 0.15) is 26.7 Å². The van der Waals surface area contributed by atoms with Gasteiger partial charge in [0.2, 0.25) is 0 Å². The van der Waals surface area contributed by atoms with E-state index in [1.54, 1.807) is 6.04 Å². The van der Waals surface area contributed by atoms with E-state index in [9.17, 15) is 0 Å². The van der Waals surface area contributed by atoms with Gasteiger partial charge < -0.3 is 0 Å². The highest BCUT2D eigenvalue weighted by Gasteiger charge is 1.93. The van der Waals surface area contributed by atoms with Crippen molar-refractivity contribution >= 4 is 25.4 Å². The summed E-state index contributed by atoms with van der Waals surface area (Å²) >= 11 is 3.43. The van der Waals surface area contributed by atoms with Gasteiger partial charge in [-0.3, -0.25) is 0 Å². The van der Waals surface area contributed by atoms with Crippen LogP contribution in [0.4, 0.5) is 0 Å². The molecule has 56 valence electrons. The van der Waals surface area contributed by atoms with Gasteiger partial charge in [-0.2, -0.15) is 0 Å². The first kappa shape index (κ1) is 9.70. The van der Waals surface area contributed by atoms with Crippen LogP contribution in [0.15, 0.2) is 0 Å². The van der Waals surface area contributed by atoms with Crippen LogP contribution >= 0.6 is 15.9 Å². The fourth-order valence-corrected chi connectivity index (χ4v) is 2.68. The molecule has 0 amide bonds. The monoisotopic (exact) mass is 208 g/mol. The van der Waals surface area contributed by atoms with E-state index in [4.69, 9.17) is 0 Å². The molecule has 0 aliphatic rings. The molecule has 9 heavy (non-hydrogen) atoms. The van der Waals surface area contributed by atoms with Gasteiger partial charge >= 0.3 is 0 Å². The number of unbranched alkanes of at least 4 members (excludes halogenated alkanes) is 1. The summed E-state index contributed by atoms with van der Waals surface area (Å²) in [5, 5.41) is 1.19. The standard InChI is InChI=1S/C7H17BrSi/c1-7(2)9-6-4-3-5-8/h7H,3-6,9H2,1-2H3. The Balaban J connectivity index is 2.75. The molecule has 0 aliphatic heterocycles. The molecule has 2 heteroatoms. The lowest BCUT2D eigenvalue weighted by atomic mass is 10.4. The number of alkyl halides is 1. The summed E-state index contributed by atoms with van der Waals surface area (Å²) < 4.78 is 0. The van der Waals surface area contributed by atoms with Gasteiger partial charge in [0.1, 0.15) is 0 Å². The van der Waals surface area contributed by atoms with Crippen LogP contribution in [-0.2, 0) is 0 Å². The molecular formula is C7H17BrSi. The summed E-state index contributed by atoms with van der Waals surface area (Å²) in [4.78, 5) is 0. The molecule has 0 aromatic carbocycles. The molecule has 0 saturated heterocycles. The van der Waals surface area contributed by atoms with E-state index in [0.717, 1.165) is 5.54 Å². The Bertz CT molecular complexity index is 54.9. The second-order valence-corrected chi connectivity index (χ2v) is 6.64. The Morgan fingerprint density at radius 3 is 2.44 bits per heavy atom. The van der Waals surface area contributed by atoms with Crippen molar-refractivity contribution in [1.82, 2.24) is 0 Å². The normalized spacial score (nSPS) is 12.0. The van der Waals surface area contributed by atoms with Crippen LogP contribution in [0, 0.1) is 0 Å². The van der Waals surface area contributed by atoms with Crippen molar-refractivity contribution in [1.29, 1.82) is 0 Å². The second kappa shape index (κ2) is 6.81. The molecule has 0 nitrogen and oxygen atoms in total. The predicted molar refractivity (Wildman–Crippen MR) is 51.5 cm³/mol. The Morgan fingerprint density at radius 1 is 1.33 bits per heavy atom. The molecule has 0 aromatic heterocycles. The minimum absolute atomic E-state index is 0.305. The number of rotatable bonds is 5. The SMILES string of the molecule is CC(C)[SiH2]CCCCBr. The summed E-state index contributed by atoms with van der Waals surface area (Å²) in [5.41, 5.74) is 1.03. The van der Waals surface area contributed by atoms with Crippen molar-refractivity contribution in [3.63, 3.8) is 0 Å². The Kier molecular flexibility index (Phi) is 7.34. The minimum Gasteiger partial charge on any atom is -0.0928 e. The van der Waals surface area contributed by atoms with Crippen molar-refractivity contribution < 1.29 is 0 Å². The third kappa shape index (κ3) is 8.70. The van der Waals surface area contributed by atoms with E-state index in [2.05, 4.69) is 29.8 Å². The fourth-order valence-electron chi connectivity index (χ4n) is 0.824. The first-order chi connectivity index (χ1) is 4.27. The van der Waals surface area contributed by atoms with Crippen molar-refractivity contribution in [2.45, 2.75) is 38.3 Å². The summed E-state index contributed by atoms with van der Waals surface area (Å²) in [6.07, 6.45) is 2.83. The third-order valence-electron chi connectivity index (χ3n) is 1.42. The number of halogens is 1. The molecule has 0 N–H and O–H groups in total. The van der Waals surface area contributed by atoms with Crippen LogP contribution in [-0.4, -0.2) is 14.8 Å². The average Bonchev–Trinajstić information content (AvgIpc) is 1.80. The zero-order valence-corrected chi connectivity index (χ0v) is 9.49. The van der Waals surface area contributed by atoms with Crippen LogP contribution in [0.5, 0.6) is 0 Å². The fraction of sp³-hybridized carbons (Fsp3) is 1.00. The van der Waals surface area contributed by atoms with Crippen LogP contribution in [0.3, 0.4) is 0 Å². The summed E-state index contributed by atoms with van der Waals surface area (Å²) in [6.45, 7) is 4.70. The van der Waals surface area contributed by atoms with Crippen molar-refractivity contribution in [3.8, 4) is 0 Å². The highest BCUT2D eigenvalue weighted by atomic mass is 79.9. The smallest absolute Gasteiger partial charge is 0.0224 e. The van der Waals surface area contributed by atoms with Gasteiger partial charge in [0.25, 0.3) is 0 Å². The third-order valence-corrected chi connectivity index (χ3v) is 4.04. The topological polar surface area (TPSA) is 0 Å². The molecule has 0 atom stereocenters. The van der Waals surface area contributed by atoms with Crippen LogP contribution < -0.4 is 0 Å². The van der Waals surface area contributed by atoms with Gasteiger partial charge in [-0.25, -0.2) is 0 Å². The highest BCUT2D eigenvalue weighted by molar-refractivity contribution is 9.09. The van der Waals surface area contributed by atoms with E-state index in [-0.39, 0.29) is 0 Å². The Hall–Kier alpha value is 0.697. The quantitative estimate of drug-likeness (QED) is 0.371. The van der Waals surface area contributed by atoms with Gasteiger partial charge in [-0.05, 0) is 6.42 Å². The van der Waals surface area contributed by atoms with Gasteiger partial charge in [0, 0.05) is 14.8 Å². The Morgan fingerprint density at radius 2 is 2.00 bits per heavy atom. The lowest BCUT2D eigenvalue weighted by Crippen LogP contribution is -1.93. The predicted octanol–water partition coefficient (Wildman–Crippen LogP) is 2.58. The Labute approximate surface area is 69.4 Å². The largest absolute Gasteiger partial charge is 0.0928 e.